The number of aromatic hydroxyl groups is 1. The molecule has 0 spiro atoms. The van der Waals surface area contributed by atoms with Crippen molar-refractivity contribution in [2.75, 3.05) is 5.32 Å². The fourth-order valence-electron chi connectivity index (χ4n) is 6.74. The Kier molecular flexibility index (Phi) is 11.6. The van der Waals surface area contributed by atoms with E-state index in [4.69, 9.17) is 0 Å². The number of hydrogen-bond acceptors (Lipinski definition) is 5. The van der Waals surface area contributed by atoms with Gasteiger partial charge in [-0.25, -0.2) is 0 Å². The molecule has 2 amide bonds. The van der Waals surface area contributed by atoms with Crippen LogP contribution in [0.2, 0.25) is 0 Å². The van der Waals surface area contributed by atoms with E-state index in [-0.39, 0.29) is 44.5 Å². The number of pyridine rings is 2. The van der Waals surface area contributed by atoms with Crippen molar-refractivity contribution in [1.29, 1.82) is 0 Å². The molecule has 0 fully saturated rings. The number of hydrogen-bond donors (Lipinski definition) is 4. The Bertz CT molecular complexity index is 2630. The first-order chi connectivity index (χ1) is 27.1. The molecule has 0 unspecified atom stereocenters. The predicted molar refractivity (Wildman–Crippen MR) is 229 cm³/mol. The summed E-state index contributed by atoms with van der Waals surface area (Å²) in [7, 11) is 0. The summed E-state index contributed by atoms with van der Waals surface area (Å²) in [4.78, 5) is 59.7. The monoisotopic (exact) mass is 760 g/mol. The molecule has 0 saturated carbocycles. The van der Waals surface area contributed by atoms with Crippen molar-refractivity contribution in [3.63, 3.8) is 0 Å². The van der Waals surface area contributed by atoms with Crippen LogP contribution < -0.4 is 16.2 Å². The van der Waals surface area contributed by atoms with Crippen molar-refractivity contribution < 1.29 is 14.7 Å². The molecule has 0 aliphatic rings. The Balaban J connectivity index is 0.000000193. The van der Waals surface area contributed by atoms with E-state index in [2.05, 4.69) is 15.3 Å². The van der Waals surface area contributed by atoms with Gasteiger partial charge in [-0.1, -0.05) is 126 Å². The minimum atomic E-state index is -0.509. The van der Waals surface area contributed by atoms with Crippen LogP contribution in [0.5, 0.6) is 5.75 Å². The van der Waals surface area contributed by atoms with Crippen LogP contribution in [0.4, 0.5) is 5.69 Å². The lowest BCUT2D eigenvalue weighted by molar-refractivity contribution is 0.0728. The number of anilines is 1. The molecule has 0 aliphatic heterocycles. The quantitative estimate of drug-likeness (QED) is 0.128. The second-order valence-corrected chi connectivity index (χ2v) is 16.2. The zero-order valence-corrected chi connectivity index (χ0v) is 33.1. The Morgan fingerprint density at radius 2 is 1.04 bits per heavy atom. The first-order valence-electron chi connectivity index (χ1n) is 18.9. The zero-order valence-electron chi connectivity index (χ0n) is 33.1. The molecule has 0 atom stereocenters. The van der Waals surface area contributed by atoms with E-state index < -0.39 is 5.91 Å². The molecule has 290 valence electrons. The highest BCUT2D eigenvalue weighted by Crippen LogP contribution is 2.39. The highest BCUT2D eigenvalue weighted by molar-refractivity contribution is 6.06. The number of rotatable bonds is 7. The number of phenols is 1. The van der Waals surface area contributed by atoms with Gasteiger partial charge in [-0.05, 0) is 63.4 Å². The SMILES string of the molecule is CC(C)(C)c1cc(C(C)(C)C)c(NC(=O)c2c[nH]c3ccccc3c2=O)cc1O.O=C(c1c[nH]c2ccccc2c1=O)N(Cc1ccccc1)Cc1ccccc1. The number of carbonyl (C=O) groups excluding carboxylic acids is 2. The van der Waals surface area contributed by atoms with Gasteiger partial charge in [-0.2, -0.15) is 0 Å². The molecule has 57 heavy (non-hydrogen) atoms. The van der Waals surface area contributed by atoms with Crippen LogP contribution in [0.25, 0.3) is 21.8 Å². The Hall–Kier alpha value is -6.74. The Morgan fingerprint density at radius 1 is 0.596 bits per heavy atom. The maximum Gasteiger partial charge on any atom is 0.261 e. The van der Waals surface area contributed by atoms with Crippen molar-refractivity contribution >= 4 is 39.3 Å². The summed E-state index contributed by atoms with van der Waals surface area (Å²) in [6.45, 7) is 13.1. The molecule has 7 rings (SSSR count). The average molecular weight is 761 g/mol. The third-order valence-corrected chi connectivity index (χ3v) is 9.77. The number of amides is 2. The summed E-state index contributed by atoms with van der Waals surface area (Å²) >= 11 is 0. The van der Waals surface area contributed by atoms with Gasteiger partial charge in [-0.15, -0.1) is 0 Å². The molecule has 2 heterocycles. The van der Waals surface area contributed by atoms with E-state index in [1.165, 1.54) is 12.4 Å². The van der Waals surface area contributed by atoms with Crippen molar-refractivity contribution in [2.24, 2.45) is 0 Å². The van der Waals surface area contributed by atoms with Crippen molar-refractivity contribution in [3.05, 3.63) is 188 Å². The number of H-pyrrole nitrogens is 2. The van der Waals surface area contributed by atoms with Gasteiger partial charge in [0, 0.05) is 59.0 Å². The number of phenolic OH excluding ortho intramolecular Hbond substituents is 1. The summed E-state index contributed by atoms with van der Waals surface area (Å²) in [5.41, 5.74) is 4.74. The van der Waals surface area contributed by atoms with Gasteiger partial charge in [0.2, 0.25) is 10.9 Å². The van der Waals surface area contributed by atoms with Crippen LogP contribution in [-0.2, 0) is 23.9 Å². The second kappa shape index (κ2) is 16.5. The van der Waals surface area contributed by atoms with E-state index in [1.54, 1.807) is 41.3 Å². The second-order valence-electron chi connectivity index (χ2n) is 16.2. The lowest BCUT2D eigenvalue weighted by Crippen LogP contribution is -2.33. The molecule has 9 nitrogen and oxygen atoms in total. The van der Waals surface area contributed by atoms with E-state index >= 15 is 0 Å². The number of nitrogens with zero attached hydrogens (tertiary/aromatic N) is 1. The first-order valence-corrected chi connectivity index (χ1v) is 18.9. The van der Waals surface area contributed by atoms with Crippen LogP contribution in [0.3, 0.4) is 0 Å². The molecule has 0 aliphatic carbocycles. The fraction of sp³-hybridized carbons (Fsp3) is 0.208. The van der Waals surface area contributed by atoms with Gasteiger partial charge in [0.15, 0.2) is 0 Å². The highest BCUT2D eigenvalue weighted by atomic mass is 16.3. The third kappa shape index (κ3) is 9.22. The van der Waals surface area contributed by atoms with Gasteiger partial charge in [-0.3, -0.25) is 19.2 Å². The summed E-state index contributed by atoms with van der Waals surface area (Å²) < 4.78 is 0. The Morgan fingerprint density at radius 3 is 1.53 bits per heavy atom. The maximum absolute atomic E-state index is 13.3. The molecule has 0 radical (unpaired) electrons. The topological polar surface area (TPSA) is 135 Å². The Labute approximate surface area is 332 Å². The molecule has 0 bridgehead atoms. The van der Waals surface area contributed by atoms with Gasteiger partial charge >= 0.3 is 0 Å². The van der Waals surface area contributed by atoms with Gasteiger partial charge < -0.3 is 25.3 Å². The third-order valence-electron chi connectivity index (χ3n) is 9.77. The molecule has 4 N–H and O–H groups in total. The normalized spacial score (nSPS) is 11.5. The fourth-order valence-corrected chi connectivity index (χ4v) is 6.74. The van der Waals surface area contributed by atoms with Crippen LogP contribution in [-0.4, -0.2) is 31.8 Å². The smallest absolute Gasteiger partial charge is 0.261 e. The predicted octanol–water partition coefficient (Wildman–Crippen LogP) is 9.45. The lowest BCUT2D eigenvalue weighted by atomic mass is 9.79. The summed E-state index contributed by atoms with van der Waals surface area (Å²) in [6, 6.07) is 37.4. The number of aromatic nitrogens is 2. The van der Waals surface area contributed by atoms with E-state index in [1.807, 2.05) is 126 Å². The summed E-state index contributed by atoms with van der Waals surface area (Å²) in [5.74, 6) is -0.668. The van der Waals surface area contributed by atoms with Gasteiger partial charge in [0.1, 0.15) is 16.9 Å². The average Bonchev–Trinajstić information content (AvgIpc) is 3.18. The van der Waals surface area contributed by atoms with E-state index in [9.17, 15) is 24.3 Å². The van der Waals surface area contributed by atoms with E-state index in [0.29, 0.717) is 35.1 Å². The number of fused-ring (bicyclic) bond motifs is 2. The highest BCUT2D eigenvalue weighted by Gasteiger charge is 2.27. The maximum atomic E-state index is 13.3. The molecule has 2 aromatic heterocycles. The summed E-state index contributed by atoms with van der Waals surface area (Å²) in [6.07, 6.45) is 2.95. The van der Waals surface area contributed by atoms with Crippen molar-refractivity contribution in [2.45, 2.75) is 65.5 Å². The molecule has 0 saturated heterocycles. The van der Waals surface area contributed by atoms with Crippen LogP contribution in [0, 0.1) is 0 Å². The van der Waals surface area contributed by atoms with Crippen molar-refractivity contribution in [1.82, 2.24) is 14.9 Å². The molecule has 5 aromatic carbocycles. The van der Waals surface area contributed by atoms with Gasteiger partial charge in [0.25, 0.3) is 11.8 Å². The number of carbonyl (C=O) groups is 2. The van der Waals surface area contributed by atoms with Crippen molar-refractivity contribution in [3.8, 4) is 5.75 Å². The van der Waals surface area contributed by atoms with Crippen LogP contribution in [0.1, 0.15) is 84.5 Å². The minimum absolute atomic E-state index is 0.0305. The lowest BCUT2D eigenvalue weighted by Gasteiger charge is -2.28. The summed E-state index contributed by atoms with van der Waals surface area (Å²) in [5, 5.41) is 14.4. The van der Waals surface area contributed by atoms with E-state index in [0.717, 1.165) is 27.8 Å². The standard InChI is InChI=1S/C24H28N2O3.C24H20N2O2/c1-23(2,3)16-11-17(24(4,5)6)20(27)12-19(16)26-22(29)15-13-25-18-10-8-7-9-14(18)21(15)28;27-23-20-13-7-8-14-22(20)25-15-21(23)24(28)26(16-18-9-3-1-4-10-18)17-19-11-5-2-6-12-19/h7-13,27H,1-6H3,(H,25,28)(H,26,29);1-15H,16-17H2,(H,25,27). The number of aromatic amines is 2. The largest absolute Gasteiger partial charge is 0.508 e. The molecule has 9 heteroatoms. The number of para-hydroxylation sites is 2. The van der Waals surface area contributed by atoms with Crippen LogP contribution >= 0.6 is 0 Å². The first kappa shape index (κ1) is 39.9. The number of nitrogens with one attached hydrogen (secondary N) is 3. The molecular weight excluding hydrogens is 713 g/mol. The zero-order chi connectivity index (χ0) is 40.9. The molecular formula is C48H48N4O5. The van der Waals surface area contributed by atoms with Crippen LogP contribution in [0.15, 0.2) is 143 Å². The number of benzene rings is 5. The molecule has 7 aromatic rings. The minimum Gasteiger partial charge on any atom is -0.508 e. The van der Waals surface area contributed by atoms with Gasteiger partial charge in [0.05, 0.1) is 0 Å².